The molecule has 7 unspecified atom stereocenters. The summed E-state index contributed by atoms with van der Waals surface area (Å²) in [4.78, 5) is 29.1. The third-order valence-electron chi connectivity index (χ3n) is 12.1. The minimum absolute atomic E-state index is 0.0171. The van der Waals surface area contributed by atoms with Gasteiger partial charge in [0.15, 0.2) is 5.78 Å². The zero-order valence-electron chi connectivity index (χ0n) is 27.4. The van der Waals surface area contributed by atoms with E-state index in [4.69, 9.17) is 0 Å². The summed E-state index contributed by atoms with van der Waals surface area (Å²) < 4.78 is 29.4. The molecule has 2 aliphatic carbocycles. The highest BCUT2D eigenvalue weighted by molar-refractivity contribution is 5.99. The van der Waals surface area contributed by atoms with Gasteiger partial charge in [-0.3, -0.25) is 9.59 Å². The van der Waals surface area contributed by atoms with E-state index in [0.717, 1.165) is 55.9 Å². The number of nitrogens with one attached hydrogen (secondary N) is 3. The molecule has 254 valence electrons. The first-order chi connectivity index (χ1) is 22.5. The second kappa shape index (κ2) is 12.7. The van der Waals surface area contributed by atoms with E-state index in [1.54, 1.807) is 6.08 Å². The van der Waals surface area contributed by atoms with Gasteiger partial charge in [-0.1, -0.05) is 36.8 Å². The van der Waals surface area contributed by atoms with E-state index in [2.05, 4.69) is 40.3 Å². The fourth-order valence-electron chi connectivity index (χ4n) is 9.58. The summed E-state index contributed by atoms with van der Waals surface area (Å²) in [6.07, 6.45) is 10.8. The monoisotopic (exact) mass is 649 g/mol. The molecule has 2 saturated carbocycles. The van der Waals surface area contributed by atoms with Crippen LogP contribution in [0.25, 0.3) is 0 Å². The number of benzene rings is 1. The Morgan fingerprint density at radius 3 is 2.57 bits per heavy atom. The standard InChI is InChI=1S/C37H49F2N5O3/c1-4-25(45)17-22-8-11-28-33-30(12-9-22)43(36(47)27-20-41-35(37(3,38)39)34-26(27)16-21(2)19-40-34)15-14-31(33)44(42-28)29-13-10-24(18-32(29)46)23-6-5-7-23/h4,10,13,17-18,23,26-28,30-31,33-35,40-42,46H,1-2,5-9,11-12,14-16,19-20H2,3H3/b22-17+/t26?,27?,28?,30-,31?,33?,34?,35?/m0/s1. The highest BCUT2D eigenvalue weighted by atomic mass is 19.3. The highest BCUT2D eigenvalue weighted by Gasteiger charge is 2.55. The maximum atomic E-state index is 14.7. The molecule has 4 saturated heterocycles. The van der Waals surface area contributed by atoms with Gasteiger partial charge in [-0.05, 0) is 93.1 Å². The van der Waals surface area contributed by atoms with Crippen LogP contribution >= 0.6 is 0 Å². The number of likely N-dealkylation sites (tertiary alicyclic amines) is 1. The third-order valence-corrected chi connectivity index (χ3v) is 12.1. The molecule has 1 amide bonds. The number of phenolic OH excluding ortho intramolecular Hbond substituents is 1. The van der Waals surface area contributed by atoms with Gasteiger partial charge in [-0.15, -0.1) is 0 Å². The van der Waals surface area contributed by atoms with Crippen LogP contribution in [-0.2, 0) is 9.59 Å². The van der Waals surface area contributed by atoms with Crippen molar-refractivity contribution in [1.82, 2.24) is 21.0 Å². The van der Waals surface area contributed by atoms with E-state index in [1.807, 2.05) is 17.0 Å². The van der Waals surface area contributed by atoms with Crippen molar-refractivity contribution >= 4 is 17.4 Å². The summed E-state index contributed by atoms with van der Waals surface area (Å²) >= 11 is 0. The highest BCUT2D eigenvalue weighted by Crippen LogP contribution is 2.47. The summed E-state index contributed by atoms with van der Waals surface area (Å²) in [6, 6.07) is 4.52. The van der Waals surface area contributed by atoms with Gasteiger partial charge in [0.05, 0.1) is 23.7 Å². The number of nitrogens with zero attached hydrogens (tertiary/aromatic N) is 2. The Labute approximate surface area is 276 Å². The largest absolute Gasteiger partial charge is 0.506 e. The predicted octanol–water partition coefficient (Wildman–Crippen LogP) is 4.97. The summed E-state index contributed by atoms with van der Waals surface area (Å²) in [7, 11) is 0. The van der Waals surface area contributed by atoms with Gasteiger partial charge < -0.3 is 25.6 Å². The second-order valence-electron chi connectivity index (χ2n) is 15.0. The molecular formula is C37H49F2N5O3. The molecule has 1 aromatic carbocycles. The number of hydrogen-bond acceptors (Lipinski definition) is 7. The van der Waals surface area contributed by atoms with E-state index in [1.165, 1.54) is 18.1 Å². The van der Waals surface area contributed by atoms with Crippen LogP contribution < -0.4 is 21.1 Å². The topological polar surface area (TPSA) is 96.9 Å². The van der Waals surface area contributed by atoms with Gasteiger partial charge in [0.2, 0.25) is 5.91 Å². The lowest BCUT2D eigenvalue weighted by molar-refractivity contribution is -0.147. The zero-order chi connectivity index (χ0) is 33.0. The number of hydrogen-bond donors (Lipinski definition) is 4. The van der Waals surface area contributed by atoms with E-state index >= 15 is 0 Å². The summed E-state index contributed by atoms with van der Waals surface area (Å²) in [5.74, 6) is -2.85. The van der Waals surface area contributed by atoms with Crippen molar-refractivity contribution in [2.75, 3.05) is 24.6 Å². The van der Waals surface area contributed by atoms with Crippen LogP contribution in [0.5, 0.6) is 5.75 Å². The summed E-state index contributed by atoms with van der Waals surface area (Å²) in [5, 5.41) is 19.8. The lowest BCUT2D eigenvalue weighted by atomic mass is 9.70. The molecule has 4 N–H and O–H groups in total. The average Bonchev–Trinajstić information content (AvgIpc) is 3.37. The van der Waals surface area contributed by atoms with Gasteiger partial charge in [-0.2, -0.15) is 0 Å². The molecule has 0 spiro atoms. The van der Waals surface area contributed by atoms with E-state index in [-0.39, 0.29) is 53.9 Å². The minimum Gasteiger partial charge on any atom is -0.506 e. The molecule has 0 aromatic heterocycles. The summed E-state index contributed by atoms with van der Waals surface area (Å²) in [6.45, 7) is 9.96. The first-order valence-electron chi connectivity index (χ1n) is 17.6. The van der Waals surface area contributed by atoms with E-state index in [9.17, 15) is 23.5 Å². The molecule has 0 radical (unpaired) electrons. The Hall–Kier alpha value is -3.08. The van der Waals surface area contributed by atoms with Crippen molar-refractivity contribution in [3.05, 3.63) is 60.2 Å². The first kappa shape index (κ1) is 32.5. The van der Waals surface area contributed by atoms with Crippen molar-refractivity contribution in [2.45, 2.75) is 107 Å². The number of carbonyl (C=O) groups is 2. The number of amides is 1. The fourth-order valence-corrected chi connectivity index (χ4v) is 9.58. The number of anilines is 1. The number of piperidine rings is 3. The molecule has 47 heavy (non-hydrogen) atoms. The normalized spacial score (nSPS) is 35.4. The Bertz CT molecular complexity index is 1450. The molecule has 6 fully saturated rings. The van der Waals surface area contributed by atoms with Crippen LogP contribution in [0, 0.1) is 17.8 Å². The molecule has 4 heterocycles. The molecule has 7 rings (SSSR count). The predicted molar refractivity (Wildman–Crippen MR) is 178 cm³/mol. The number of carbonyl (C=O) groups excluding carboxylic acids is 2. The minimum atomic E-state index is -2.93. The average molecular weight is 650 g/mol. The van der Waals surface area contributed by atoms with Crippen LogP contribution in [0.4, 0.5) is 14.5 Å². The molecule has 1 aromatic rings. The number of allylic oxidation sites excluding steroid dienone is 3. The first-order valence-corrected chi connectivity index (χ1v) is 17.6. The number of halogens is 2. The van der Waals surface area contributed by atoms with Crippen LogP contribution in [-0.4, -0.2) is 77.5 Å². The Balaban J connectivity index is 1.19. The molecule has 8 atom stereocenters. The van der Waals surface area contributed by atoms with Crippen molar-refractivity contribution in [1.29, 1.82) is 0 Å². The molecule has 6 aliphatic rings. The maximum Gasteiger partial charge on any atom is 0.261 e. The van der Waals surface area contributed by atoms with Gasteiger partial charge in [0.25, 0.3) is 5.92 Å². The van der Waals surface area contributed by atoms with E-state index < -0.39 is 23.9 Å². The third kappa shape index (κ3) is 6.06. The van der Waals surface area contributed by atoms with Crippen LogP contribution in [0.1, 0.15) is 76.2 Å². The summed E-state index contributed by atoms with van der Waals surface area (Å²) in [5.41, 5.74) is 7.69. The number of hydrazine groups is 1. The van der Waals surface area contributed by atoms with Crippen LogP contribution in [0.3, 0.4) is 0 Å². The van der Waals surface area contributed by atoms with Gasteiger partial charge >= 0.3 is 0 Å². The van der Waals surface area contributed by atoms with E-state index in [0.29, 0.717) is 38.3 Å². The maximum absolute atomic E-state index is 14.7. The lowest BCUT2D eigenvalue weighted by Crippen LogP contribution is -2.69. The van der Waals surface area contributed by atoms with Crippen molar-refractivity contribution in [3.8, 4) is 5.75 Å². The van der Waals surface area contributed by atoms with Crippen molar-refractivity contribution < 1.29 is 23.5 Å². The number of phenols is 1. The van der Waals surface area contributed by atoms with Gasteiger partial charge in [-0.25, -0.2) is 14.2 Å². The number of ketones is 1. The number of rotatable bonds is 6. The molecule has 4 aliphatic heterocycles. The SMILES string of the molecule is C=CC(=O)/C=C1\CCC2NN(c3ccc(C4CCC4)cc3O)C3CCN(C(=O)C4CNC(C(C)(F)F)C5NCC(=C)CC45)[C@@H](CC1)C23. The van der Waals surface area contributed by atoms with Crippen LogP contribution in [0.15, 0.2) is 54.7 Å². The Morgan fingerprint density at radius 1 is 1.09 bits per heavy atom. The number of aromatic hydroxyl groups is 1. The molecule has 0 bridgehead atoms. The molecule has 10 heteroatoms. The number of fused-ring (bicyclic) bond motifs is 1. The quantitative estimate of drug-likeness (QED) is 0.255. The van der Waals surface area contributed by atoms with Crippen molar-refractivity contribution in [2.24, 2.45) is 17.8 Å². The van der Waals surface area contributed by atoms with Crippen molar-refractivity contribution in [3.63, 3.8) is 0 Å². The Kier molecular flexibility index (Phi) is 8.81. The molecular weight excluding hydrogens is 600 g/mol. The number of alkyl halides is 2. The smallest absolute Gasteiger partial charge is 0.261 e. The lowest BCUT2D eigenvalue weighted by Gasteiger charge is -2.51. The Morgan fingerprint density at radius 2 is 1.87 bits per heavy atom. The zero-order valence-corrected chi connectivity index (χ0v) is 27.4. The van der Waals surface area contributed by atoms with Gasteiger partial charge in [0, 0.05) is 50.6 Å². The molecule has 8 nitrogen and oxygen atoms in total. The fraction of sp³-hybridized carbons (Fsp3) is 0.622. The van der Waals surface area contributed by atoms with Gasteiger partial charge in [0.1, 0.15) is 5.75 Å². The second-order valence-corrected chi connectivity index (χ2v) is 15.0. The van der Waals surface area contributed by atoms with Crippen LogP contribution in [0.2, 0.25) is 0 Å².